The summed E-state index contributed by atoms with van der Waals surface area (Å²) in [5.41, 5.74) is 1.33. The summed E-state index contributed by atoms with van der Waals surface area (Å²) >= 11 is 1.31. The number of hydrogen-bond donors (Lipinski definition) is 2. The molecule has 1 heterocycles. The Balaban J connectivity index is 1.54. The van der Waals surface area contributed by atoms with Crippen molar-refractivity contribution < 1.29 is 14.4 Å². The minimum atomic E-state index is -1.11. The number of amides is 4. The second kappa shape index (κ2) is 8.82. The molecule has 0 bridgehead atoms. The van der Waals surface area contributed by atoms with Crippen molar-refractivity contribution >= 4 is 35.3 Å². The van der Waals surface area contributed by atoms with Crippen molar-refractivity contribution in [2.24, 2.45) is 0 Å². The molecule has 158 valence electrons. The van der Waals surface area contributed by atoms with Crippen molar-refractivity contribution in [1.82, 2.24) is 10.2 Å². The Morgan fingerprint density at radius 3 is 2.77 bits per heavy atom. The highest BCUT2D eigenvalue weighted by Crippen LogP contribution is 2.39. The third kappa shape index (κ3) is 4.01. The van der Waals surface area contributed by atoms with Gasteiger partial charge in [-0.25, -0.2) is 4.79 Å². The Labute approximate surface area is 184 Å². The van der Waals surface area contributed by atoms with Gasteiger partial charge in [0.1, 0.15) is 12.1 Å². The number of imide groups is 1. The van der Waals surface area contributed by atoms with Gasteiger partial charge in [0.25, 0.3) is 5.91 Å². The lowest BCUT2D eigenvalue weighted by Gasteiger charge is -2.27. The molecule has 2 aliphatic rings. The van der Waals surface area contributed by atoms with Crippen molar-refractivity contribution in [2.45, 2.75) is 36.1 Å². The molecule has 1 aliphatic heterocycles. The van der Waals surface area contributed by atoms with Crippen LogP contribution >= 0.6 is 11.8 Å². The summed E-state index contributed by atoms with van der Waals surface area (Å²) < 4.78 is 0. The lowest BCUT2D eigenvalue weighted by Crippen LogP contribution is -2.44. The van der Waals surface area contributed by atoms with Gasteiger partial charge in [0, 0.05) is 4.90 Å². The van der Waals surface area contributed by atoms with E-state index < -0.39 is 17.5 Å². The Morgan fingerprint density at radius 2 is 1.94 bits per heavy atom. The maximum Gasteiger partial charge on any atom is 0.325 e. The average molecular weight is 435 g/mol. The van der Waals surface area contributed by atoms with E-state index >= 15 is 0 Å². The summed E-state index contributed by atoms with van der Waals surface area (Å²) in [5, 5.41) is 14.5. The van der Waals surface area contributed by atoms with Crippen LogP contribution in [0.1, 0.15) is 30.4 Å². The third-order valence-corrected chi connectivity index (χ3v) is 6.60. The fourth-order valence-corrected chi connectivity index (χ4v) is 4.93. The molecule has 1 fully saturated rings. The van der Waals surface area contributed by atoms with Gasteiger partial charge >= 0.3 is 6.03 Å². The van der Waals surface area contributed by atoms with Gasteiger partial charge in [-0.15, -0.1) is 11.8 Å². The SMILES string of the molecule is N#CCSc1ccccc1NC(=O)CN1C(=O)NC2(CCCCc3ccccc32)C1=O. The number of carbonyl (C=O) groups is 3. The molecule has 1 saturated heterocycles. The van der Waals surface area contributed by atoms with E-state index in [1.165, 1.54) is 11.8 Å². The van der Waals surface area contributed by atoms with Crippen LogP contribution in [0, 0.1) is 11.3 Å². The molecule has 4 amide bonds. The van der Waals surface area contributed by atoms with Crippen LogP contribution in [0.2, 0.25) is 0 Å². The van der Waals surface area contributed by atoms with Crippen LogP contribution in [-0.2, 0) is 21.5 Å². The van der Waals surface area contributed by atoms with Crippen molar-refractivity contribution in [3.8, 4) is 6.07 Å². The number of urea groups is 1. The first-order chi connectivity index (χ1) is 15.0. The number of fused-ring (bicyclic) bond motifs is 2. The summed E-state index contributed by atoms with van der Waals surface area (Å²) in [4.78, 5) is 40.6. The largest absolute Gasteiger partial charge is 0.325 e. The van der Waals surface area contributed by atoms with Crippen LogP contribution in [0.3, 0.4) is 0 Å². The first-order valence-corrected chi connectivity index (χ1v) is 11.1. The molecular formula is C23H22N4O3S. The van der Waals surface area contributed by atoms with Crippen molar-refractivity contribution in [3.63, 3.8) is 0 Å². The summed E-state index contributed by atoms with van der Waals surface area (Å²) in [6.45, 7) is -0.369. The molecular weight excluding hydrogens is 412 g/mol. The fraction of sp³-hybridized carbons (Fsp3) is 0.304. The van der Waals surface area contributed by atoms with Gasteiger partial charge in [0.05, 0.1) is 17.5 Å². The molecule has 2 aromatic rings. The maximum absolute atomic E-state index is 13.4. The molecule has 1 atom stereocenters. The van der Waals surface area contributed by atoms with Crippen LogP contribution in [0.5, 0.6) is 0 Å². The molecule has 7 nitrogen and oxygen atoms in total. The van der Waals surface area contributed by atoms with Crippen molar-refractivity contribution in [3.05, 3.63) is 59.7 Å². The van der Waals surface area contributed by atoms with Gasteiger partial charge in [-0.3, -0.25) is 14.5 Å². The van der Waals surface area contributed by atoms with E-state index in [4.69, 9.17) is 5.26 Å². The van der Waals surface area contributed by atoms with Gasteiger partial charge in [0.2, 0.25) is 5.91 Å². The molecule has 31 heavy (non-hydrogen) atoms. The molecule has 1 spiro atoms. The quantitative estimate of drug-likeness (QED) is 0.555. The second-order valence-electron chi connectivity index (χ2n) is 7.58. The predicted molar refractivity (Wildman–Crippen MR) is 117 cm³/mol. The van der Waals surface area contributed by atoms with Crippen molar-refractivity contribution in [1.29, 1.82) is 5.26 Å². The number of thioether (sulfide) groups is 1. The zero-order valence-electron chi connectivity index (χ0n) is 16.9. The summed E-state index contributed by atoms with van der Waals surface area (Å²) in [6, 6.07) is 16.3. The van der Waals surface area contributed by atoms with Gasteiger partial charge in [-0.1, -0.05) is 36.4 Å². The second-order valence-corrected chi connectivity index (χ2v) is 8.60. The topological polar surface area (TPSA) is 102 Å². The number of nitriles is 1. The van der Waals surface area contributed by atoms with Crippen molar-refractivity contribution in [2.75, 3.05) is 17.6 Å². The zero-order chi connectivity index (χ0) is 21.8. The smallest absolute Gasteiger partial charge is 0.324 e. The molecule has 0 radical (unpaired) electrons. The minimum Gasteiger partial charge on any atom is -0.324 e. The molecule has 8 heteroatoms. The van der Waals surface area contributed by atoms with Gasteiger partial charge in [0.15, 0.2) is 0 Å². The third-order valence-electron chi connectivity index (χ3n) is 5.66. The van der Waals surface area contributed by atoms with Crippen LogP contribution in [0.4, 0.5) is 10.5 Å². The lowest BCUT2D eigenvalue weighted by atomic mass is 9.84. The Bertz CT molecular complexity index is 1080. The number of anilines is 1. The van der Waals surface area contributed by atoms with Crippen LogP contribution < -0.4 is 10.6 Å². The molecule has 1 aliphatic carbocycles. The number of carbonyl (C=O) groups excluding carboxylic acids is 3. The first-order valence-electron chi connectivity index (χ1n) is 10.2. The summed E-state index contributed by atoms with van der Waals surface area (Å²) in [6.07, 6.45) is 3.13. The Hall–Kier alpha value is -3.31. The normalized spacial score (nSPS) is 20.0. The number of hydrogen-bond acceptors (Lipinski definition) is 5. The van der Waals surface area contributed by atoms with Crippen LogP contribution in [0.25, 0.3) is 0 Å². The molecule has 0 saturated carbocycles. The van der Waals surface area contributed by atoms with E-state index in [1.807, 2.05) is 36.4 Å². The molecule has 0 aromatic heterocycles. The number of para-hydroxylation sites is 1. The highest BCUT2D eigenvalue weighted by Gasteiger charge is 2.53. The summed E-state index contributed by atoms with van der Waals surface area (Å²) in [5.74, 6) is -0.594. The van der Waals surface area contributed by atoms with E-state index in [1.54, 1.807) is 12.1 Å². The van der Waals surface area contributed by atoms with E-state index in [0.29, 0.717) is 12.1 Å². The van der Waals surface area contributed by atoms with Crippen LogP contribution in [-0.4, -0.2) is 35.0 Å². The number of nitrogens with zero attached hydrogens (tertiary/aromatic N) is 2. The maximum atomic E-state index is 13.4. The highest BCUT2D eigenvalue weighted by atomic mass is 32.2. The molecule has 4 rings (SSSR count). The Morgan fingerprint density at radius 1 is 1.16 bits per heavy atom. The monoisotopic (exact) mass is 434 g/mol. The standard InChI is InChI=1S/C23H22N4O3S/c24-13-14-31-19-11-4-3-10-18(19)25-20(28)15-27-21(29)23(26-22(27)30)12-6-5-8-16-7-1-2-9-17(16)23/h1-4,7,9-11H,5-6,8,12,14-15H2,(H,25,28)(H,26,30). The van der Waals surface area contributed by atoms with Crippen LogP contribution in [0.15, 0.2) is 53.4 Å². The highest BCUT2D eigenvalue weighted by molar-refractivity contribution is 7.99. The molecule has 2 N–H and O–H groups in total. The van der Waals surface area contributed by atoms with Gasteiger partial charge in [-0.2, -0.15) is 5.26 Å². The van der Waals surface area contributed by atoms with E-state index in [-0.39, 0.29) is 18.2 Å². The number of nitrogens with one attached hydrogen (secondary N) is 2. The fourth-order valence-electron chi connectivity index (χ4n) is 4.26. The first kappa shape index (κ1) is 20.9. The summed E-state index contributed by atoms with van der Waals surface area (Å²) in [7, 11) is 0. The average Bonchev–Trinajstić information content (AvgIpc) is 2.91. The lowest BCUT2D eigenvalue weighted by molar-refractivity contribution is -0.134. The predicted octanol–water partition coefficient (Wildman–Crippen LogP) is 3.41. The van der Waals surface area contributed by atoms with E-state index in [9.17, 15) is 14.4 Å². The van der Waals surface area contributed by atoms with E-state index in [2.05, 4.69) is 16.7 Å². The molecule has 1 unspecified atom stereocenters. The van der Waals surface area contributed by atoms with Gasteiger partial charge < -0.3 is 10.6 Å². The van der Waals surface area contributed by atoms with E-state index in [0.717, 1.165) is 40.2 Å². The number of benzene rings is 2. The zero-order valence-corrected chi connectivity index (χ0v) is 17.7. The minimum absolute atomic E-state index is 0.252. The Kier molecular flexibility index (Phi) is 5.96. The number of aryl methyl sites for hydroxylation is 1. The van der Waals surface area contributed by atoms with Gasteiger partial charge in [-0.05, 0) is 48.9 Å². The number of rotatable bonds is 5. The molecule has 2 aromatic carbocycles.